The number of ether oxygens (including phenoxy) is 2. The normalized spacial score (nSPS) is 10.0. The van der Waals surface area contributed by atoms with Crippen LogP contribution in [-0.2, 0) is 0 Å². The van der Waals surface area contributed by atoms with Crippen molar-refractivity contribution in [1.29, 1.82) is 0 Å². The number of hydrogen-bond donors (Lipinski definition) is 2. The van der Waals surface area contributed by atoms with Crippen molar-refractivity contribution in [1.82, 2.24) is 5.32 Å². The molecule has 0 aliphatic carbocycles. The van der Waals surface area contributed by atoms with Gasteiger partial charge in [-0.15, -0.1) is 0 Å². The third kappa shape index (κ3) is 5.17. The number of rotatable bonds is 6. The van der Waals surface area contributed by atoms with E-state index < -0.39 is 0 Å². The summed E-state index contributed by atoms with van der Waals surface area (Å²) in [5, 5.41) is 5.40. The second-order valence-corrected chi connectivity index (χ2v) is 5.62. The lowest BCUT2D eigenvalue weighted by molar-refractivity contribution is 0.229. The van der Waals surface area contributed by atoms with Crippen molar-refractivity contribution >= 4 is 27.6 Å². The Bertz CT molecular complexity index is 677. The van der Waals surface area contributed by atoms with Crippen molar-refractivity contribution in [3.63, 3.8) is 0 Å². The number of nitrogens with one attached hydrogen (secondary N) is 2. The molecule has 122 valence electrons. The number of amides is 2. The summed E-state index contributed by atoms with van der Waals surface area (Å²) in [5.41, 5.74) is 1.77. The number of carbonyl (C=O) groups is 1. The zero-order valence-corrected chi connectivity index (χ0v) is 14.6. The Morgan fingerprint density at radius 1 is 1.13 bits per heavy atom. The van der Waals surface area contributed by atoms with E-state index in [1.165, 1.54) is 0 Å². The van der Waals surface area contributed by atoms with E-state index in [0.29, 0.717) is 18.1 Å². The maximum Gasteiger partial charge on any atom is 0.321 e. The van der Waals surface area contributed by atoms with Crippen LogP contribution in [0.5, 0.6) is 11.5 Å². The molecule has 2 aromatic rings. The van der Waals surface area contributed by atoms with Gasteiger partial charge in [-0.25, -0.2) is 4.79 Å². The molecule has 0 fully saturated rings. The minimum absolute atomic E-state index is 0.0471. The molecule has 0 aliphatic rings. The van der Waals surface area contributed by atoms with Gasteiger partial charge in [0.25, 0.3) is 0 Å². The van der Waals surface area contributed by atoms with Crippen molar-refractivity contribution in [2.24, 2.45) is 0 Å². The van der Waals surface area contributed by atoms with E-state index in [9.17, 15) is 4.79 Å². The fourth-order valence-corrected chi connectivity index (χ4v) is 2.17. The van der Waals surface area contributed by atoms with Crippen LogP contribution in [0, 0.1) is 6.92 Å². The van der Waals surface area contributed by atoms with Crippen molar-refractivity contribution in [2.45, 2.75) is 13.8 Å². The molecule has 0 unspecified atom stereocenters. The first kappa shape index (κ1) is 17.1. The largest absolute Gasteiger partial charge is 0.490 e. The van der Waals surface area contributed by atoms with E-state index >= 15 is 0 Å². The molecule has 2 aromatic carbocycles. The lowest BCUT2D eigenvalue weighted by Crippen LogP contribution is -2.32. The van der Waals surface area contributed by atoms with Crippen LogP contribution in [0.1, 0.15) is 12.5 Å². The summed E-state index contributed by atoms with van der Waals surface area (Å²) in [5.74, 6) is 1.25. The van der Waals surface area contributed by atoms with Gasteiger partial charge in [-0.2, -0.15) is 0 Å². The Balaban J connectivity index is 1.84. The zero-order chi connectivity index (χ0) is 16.7. The highest BCUT2D eigenvalue weighted by Gasteiger charge is 2.06. The molecule has 0 radical (unpaired) electrons. The second-order valence-electron chi connectivity index (χ2n) is 4.76. The first-order chi connectivity index (χ1) is 11.1. The Labute approximate surface area is 144 Å². The smallest absolute Gasteiger partial charge is 0.321 e. The average Bonchev–Trinajstić information content (AvgIpc) is 2.53. The minimum Gasteiger partial charge on any atom is -0.490 e. The first-order valence-electron chi connectivity index (χ1n) is 7.25. The molecular formula is C17H19BrN2O3. The van der Waals surface area contributed by atoms with Crippen LogP contribution in [0.4, 0.5) is 10.5 Å². The van der Waals surface area contributed by atoms with Crippen LogP contribution < -0.4 is 20.1 Å². The van der Waals surface area contributed by atoms with Crippen molar-refractivity contribution in [3.8, 4) is 11.5 Å². The maximum atomic E-state index is 11.9. The highest BCUT2D eigenvalue weighted by Crippen LogP contribution is 2.26. The Kier molecular flexibility index (Phi) is 6.29. The van der Waals surface area contributed by atoms with E-state index in [1.54, 1.807) is 6.07 Å². The van der Waals surface area contributed by atoms with Gasteiger partial charge >= 0.3 is 6.03 Å². The number of aryl methyl sites for hydroxylation is 1. The number of anilines is 1. The molecule has 23 heavy (non-hydrogen) atoms. The van der Waals surface area contributed by atoms with Gasteiger partial charge in [0.1, 0.15) is 0 Å². The summed E-state index contributed by atoms with van der Waals surface area (Å²) in [6.45, 7) is 4.46. The molecule has 2 amide bonds. The fraction of sp³-hybridized carbons (Fsp3) is 0.235. The molecule has 0 atom stereocenters. The summed E-state index contributed by atoms with van der Waals surface area (Å²) >= 11 is 3.42. The van der Waals surface area contributed by atoms with Gasteiger partial charge in [-0.05, 0) is 49.7 Å². The molecule has 0 aromatic heterocycles. The summed E-state index contributed by atoms with van der Waals surface area (Å²) < 4.78 is 12.0. The van der Waals surface area contributed by atoms with Crippen LogP contribution in [0.3, 0.4) is 0 Å². The summed E-state index contributed by atoms with van der Waals surface area (Å²) in [6, 6.07) is 12.6. The van der Waals surface area contributed by atoms with E-state index in [0.717, 1.165) is 15.7 Å². The second kappa shape index (κ2) is 8.43. The predicted octanol–water partition coefficient (Wildman–Crippen LogP) is 4.31. The van der Waals surface area contributed by atoms with Crippen LogP contribution in [0.25, 0.3) is 0 Å². The first-order valence-corrected chi connectivity index (χ1v) is 8.05. The van der Waals surface area contributed by atoms with E-state index in [-0.39, 0.29) is 12.8 Å². The van der Waals surface area contributed by atoms with Gasteiger partial charge in [-0.1, -0.05) is 28.1 Å². The third-order valence-corrected chi connectivity index (χ3v) is 3.91. The monoisotopic (exact) mass is 378 g/mol. The topological polar surface area (TPSA) is 59.6 Å². The Hall–Kier alpha value is -2.21. The number of para-hydroxylation sites is 2. The summed E-state index contributed by atoms with van der Waals surface area (Å²) in [6.07, 6.45) is 0. The molecule has 2 rings (SSSR count). The van der Waals surface area contributed by atoms with Gasteiger partial charge < -0.3 is 20.1 Å². The SMILES string of the molecule is CCOc1ccccc1OCNC(=O)Nc1ccc(Br)c(C)c1. The predicted molar refractivity (Wildman–Crippen MR) is 94.1 cm³/mol. The van der Waals surface area contributed by atoms with Crippen molar-refractivity contribution < 1.29 is 14.3 Å². The number of halogens is 1. The molecule has 0 saturated heterocycles. The highest BCUT2D eigenvalue weighted by molar-refractivity contribution is 9.10. The van der Waals surface area contributed by atoms with Crippen molar-refractivity contribution in [2.75, 3.05) is 18.7 Å². The Morgan fingerprint density at radius 2 is 1.83 bits per heavy atom. The lowest BCUT2D eigenvalue weighted by Gasteiger charge is -2.13. The number of benzene rings is 2. The minimum atomic E-state index is -0.333. The molecule has 0 heterocycles. The molecule has 0 saturated carbocycles. The van der Waals surface area contributed by atoms with Crippen molar-refractivity contribution in [3.05, 3.63) is 52.5 Å². The summed E-state index contributed by atoms with van der Waals surface area (Å²) in [7, 11) is 0. The molecule has 5 nitrogen and oxygen atoms in total. The molecule has 0 bridgehead atoms. The van der Waals surface area contributed by atoms with Crippen LogP contribution in [0.2, 0.25) is 0 Å². The molecular weight excluding hydrogens is 360 g/mol. The zero-order valence-electron chi connectivity index (χ0n) is 13.1. The molecule has 0 spiro atoms. The van der Waals surface area contributed by atoms with Gasteiger partial charge in [0.15, 0.2) is 18.2 Å². The van der Waals surface area contributed by atoms with Crippen LogP contribution in [-0.4, -0.2) is 19.4 Å². The number of carbonyl (C=O) groups excluding carboxylic acids is 1. The molecule has 6 heteroatoms. The van der Waals surface area contributed by atoms with Gasteiger partial charge in [0.05, 0.1) is 6.61 Å². The fourth-order valence-electron chi connectivity index (χ4n) is 1.92. The van der Waals surface area contributed by atoms with E-state index in [2.05, 4.69) is 26.6 Å². The quantitative estimate of drug-likeness (QED) is 0.736. The van der Waals surface area contributed by atoms with Gasteiger partial charge in [0, 0.05) is 10.2 Å². The third-order valence-electron chi connectivity index (χ3n) is 3.03. The summed E-state index contributed by atoms with van der Waals surface area (Å²) in [4.78, 5) is 11.9. The van der Waals surface area contributed by atoms with Crippen LogP contribution in [0.15, 0.2) is 46.9 Å². The van der Waals surface area contributed by atoms with E-state index in [1.807, 2.05) is 50.2 Å². The number of urea groups is 1. The van der Waals surface area contributed by atoms with Crippen LogP contribution >= 0.6 is 15.9 Å². The molecule has 2 N–H and O–H groups in total. The van der Waals surface area contributed by atoms with E-state index in [4.69, 9.17) is 9.47 Å². The standard InChI is InChI=1S/C17H19BrN2O3/c1-3-22-15-6-4-5-7-16(15)23-11-19-17(21)20-13-8-9-14(18)12(2)10-13/h4-10H,3,11H2,1-2H3,(H2,19,20,21). The average molecular weight is 379 g/mol. The maximum absolute atomic E-state index is 11.9. The Morgan fingerprint density at radius 3 is 2.48 bits per heavy atom. The lowest BCUT2D eigenvalue weighted by atomic mass is 10.2. The van der Waals surface area contributed by atoms with Gasteiger partial charge in [-0.3, -0.25) is 0 Å². The molecule has 0 aliphatic heterocycles. The van der Waals surface area contributed by atoms with Gasteiger partial charge in [0.2, 0.25) is 0 Å². The number of hydrogen-bond acceptors (Lipinski definition) is 3. The highest BCUT2D eigenvalue weighted by atomic mass is 79.9.